The highest BCUT2D eigenvalue weighted by atomic mass is 127. The summed E-state index contributed by atoms with van der Waals surface area (Å²) < 4.78 is 23.5. The van der Waals surface area contributed by atoms with Crippen molar-refractivity contribution in [3.63, 3.8) is 0 Å². The molecular weight excluding hydrogens is 443 g/mol. The predicted molar refractivity (Wildman–Crippen MR) is 109 cm³/mol. The summed E-state index contributed by atoms with van der Waals surface area (Å²) >= 11 is 0. The van der Waals surface area contributed by atoms with Gasteiger partial charge < -0.3 is 15.1 Å². The van der Waals surface area contributed by atoms with E-state index in [0.29, 0.717) is 26.2 Å². The van der Waals surface area contributed by atoms with Crippen LogP contribution in [0.3, 0.4) is 0 Å². The Hall–Kier alpha value is -0.580. The molecule has 24 heavy (non-hydrogen) atoms. The summed E-state index contributed by atoms with van der Waals surface area (Å²) in [5, 5.41) is 3.20. The van der Waals surface area contributed by atoms with Crippen LogP contribution in [0.1, 0.15) is 34.6 Å². The van der Waals surface area contributed by atoms with Gasteiger partial charge in [0.1, 0.15) is 0 Å². The van der Waals surface area contributed by atoms with Crippen molar-refractivity contribution in [2.45, 2.75) is 39.4 Å². The quantitative estimate of drug-likeness (QED) is 0.373. The largest absolute Gasteiger partial charge is 0.357 e. The van der Waals surface area contributed by atoms with Gasteiger partial charge in [-0.25, -0.2) is 8.42 Å². The Labute approximate surface area is 163 Å². The summed E-state index contributed by atoms with van der Waals surface area (Å²) in [6.45, 7) is 12.4. The zero-order valence-corrected chi connectivity index (χ0v) is 18.5. The van der Waals surface area contributed by atoms with Crippen molar-refractivity contribution in [2.75, 3.05) is 45.0 Å². The average Bonchev–Trinajstić information content (AvgIpc) is 2.45. The Morgan fingerprint density at radius 3 is 2.04 bits per heavy atom. The molecule has 0 saturated carbocycles. The van der Waals surface area contributed by atoms with Crippen LogP contribution in [0.5, 0.6) is 0 Å². The lowest BCUT2D eigenvalue weighted by molar-refractivity contribution is -0.130. The molecule has 1 aliphatic heterocycles. The van der Waals surface area contributed by atoms with E-state index in [0.717, 1.165) is 12.5 Å². The van der Waals surface area contributed by atoms with Crippen LogP contribution in [0, 0.1) is 0 Å². The number of carbonyl (C=O) groups excluding carboxylic acids is 1. The molecule has 1 saturated heterocycles. The average molecular weight is 474 g/mol. The molecule has 1 fully saturated rings. The maximum Gasteiger partial charge on any atom is 0.219 e. The number of sulfone groups is 1. The molecule has 1 N–H and O–H groups in total. The third kappa shape index (κ3) is 6.73. The van der Waals surface area contributed by atoms with Gasteiger partial charge in [0.2, 0.25) is 5.91 Å². The van der Waals surface area contributed by atoms with Gasteiger partial charge >= 0.3 is 0 Å². The first-order valence-electron chi connectivity index (χ1n) is 8.09. The first-order valence-corrected chi connectivity index (χ1v) is 9.75. The summed E-state index contributed by atoms with van der Waals surface area (Å²) in [5.74, 6) is 0.849. The number of hydrogen-bond acceptors (Lipinski definition) is 4. The summed E-state index contributed by atoms with van der Waals surface area (Å²) in [4.78, 5) is 19.7. The number of nitrogens with zero attached hydrogens (tertiary/aromatic N) is 3. The smallest absolute Gasteiger partial charge is 0.219 e. The second-order valence-corrected chi connectivity index (χ2v) is 9.52. The summed E-state index contributed by atoms with van der Waals surface area (Å²) in [6.07, 6.45) is 0. The lowest BCUT2D eigenvalue weighted by Crippen LogP contribution is -2.53. The van der Waals surface area contributed by atoms with Crippen LogP contribution >= 0.6 is 24.0 Å². The zero-order valence-electron chi connectivity index (χ0n) is 15.3. The van der Waals surface area contributed by atoms with E-state index in [1.807, 2.05) is 11.8 Å². The number of rotatable bonds is 4. The number of piperazine rings is 1. The SMILES string of the molecule is CCNC(=NCCS(=O)(=O)C(C)(C)C)N1CCN(C(C)=O)CC1.I. The highest BCUT2D eigenvalue weighted by molar-refractivity contribution is 14.0. The number of aliphatic imine (C=N–C) groups is 1. The number of nitrogens with one attached hydrogen (secondary N) is 1. The highest BCUT2D eigenvalue weighted by Crippen LogP contribution is 2.15. The van der Waals surface area contributed by atoms with E-state index in [1.165, 1.54) is 0 Å². The maximum atomic E-state index is 12.1. The van der Waals surface area contributed by atoms with Crippen molar-refractivity contribution in [1.29, 1.82) is 0 Å². The molecule has 0 unspecified atom stereocenters. The third-order valence-electron chi connectivity index (χ3n) is 3.91. The van der Waals surface area contributed by atoms with Crippen molar-refractivity contribution in [3.8, 4) is 0 Å². The van der Waals surface area contributed by atoms with Crippen LogP contribution in [0.4, 0.5) is 0 Å². The topological polar surface area (TPSA) is 82.1 Å². The van der Waals surface area contributed by atoms with Gasteiger partial charge in [-0.15, -0.1) is 24.0 Å². The van der Waals surface area contributed by atoms with E-state index in [9.17, 15) is 13.2 Å². The Morgan fingerprint density at radius 1 is 1.12 bits per heavy atom. The fraction of sp³-hybridized carbons (Fsp3) is 0.867. The molecule has 0 aromatic carbocycles. The van der Waals surface area contributed by atoms with Crippen molar-refractivity contribution in [1.82, 2.24) is 15.1 Å². The first-order chi connectivity index (χ1) is 10.6. The second kappa shape index (κ2) is 9.79. The number of carbonyl (C=O) groups is 1. The highest BCUT2D eigenvalue weighted by Gasteiger charge is 2.28. The van der Waals surface area contributed by atoms with Gasteiger partial charge in [-0.3, -0.25) is 9.79 Å². The van der Waals surface area contributed by atoms with E-state index in [1.54, 1.807) is 27.7 Å². The van der Waals surface area contributed by atoms with Crippen LogP contribution in [-0.4, -0.2) is 79.9 Å². The van der Waals surface area contributed by atoms with Crippen molar-refractivity contribution in [2.24, 2.45) is 4.99 Å². The van der Waals surface area contributed by atoms with Crippen LogP contribution in [-0.2, 0) is 14.6 Å². The Bertz CT molecular complexity index is 535. The molecule has 142 valence electrons. The minimum Gasteiger partial charge on any atom is -0.357 e. The molecule has 0 spiro atoms. The molecule has 0 aromatic heterocycles. The van der Waals surface area contributed by atoms with Gasteiger partial charge in [0, 0.05) is 39.6 Å². The predicted octanol–water partition coefficient (Wildman–Crippen LogP) is 0.947. The molecule has 1 aliphatic rings. The molecule has 1 rings (SSSR count). The third-order valence-corrected chi connectivity index (χ3v) is 6.50. The van der Waals surface area contributed by atoms with Gasteiger partial charge in [-0.2, -0.15) is 0 Å². The van der Waals surface area contributed by atoms with Crippen LogP contribution < -0.4 is 5.32 Å². The second-order valence-electron chi connectivity index (χ2n) is 6.66. The van der Waals surface area contributed by atoms with Gasteiger partial charge in [-0.05, 0) is 27.7 Å². The fourth-order valence-electron chi connectivity index (χ4n) is 2.24. The minimum atomic E-state index is -3.17. The normalized spacial score (nSPS) is 16.6. The zero-order chi connectivity index (χ0) is 17.7. The molecule has 1 amide bonds. The van der Waals surface area contributed by atoms with Gasteiger partial charge in [0.25, 0.3) is 0 Å². The number of guanidine groups is 1. The van der Waals surface area contributed by atoms with E-state index in [2.05, 4.69) is 15.2 Å². The van der Waals surface area contributed by atoms with Crippen molar-refractivity contribution >= 4 is 45.7 Å². The van der Waals surface area contributed by atoms with Crippen molar-refractivity contribution < 1.29 is 13.2 Å². The monoisotopic (exact) mass is 474 g/mol. The van der Waals surface area contributed by atoms with E-state index in [4.69, 9.17) is 0 Å². The molecule has 9 heteroatoms. The number of hydrogen-bond donors (Lipinski definition) is 1. The van der Waals surface area contributed by atoms with E-state index >= 15 is 0 Å². The van der Waals surface area contributed by atoms with E-state index < -0.39 is 14.6 Å². The fourth-order valence-corrected chi connectivity index (χ4v) is 3.18. The molecule has 0 aliphatic carbocycles. The first kappa shape index (κ1) is 23.4. The lowest BCUT2D eigenvalue weighted by Gasteiger charge is -2.36. The summed E-state index contributed by atoms with van der Waals surface area (Å²) in [7, 11) is -3.17. The lowest BCUT2D eigenvalue weighted by atomic mass is 10.3. The maximum absolute atomic E-state index is 12.1. The standard InChI is InChI=1S/C15H30N4O3S.HI/c1-6-16-14(17-7-12-23(21,22)15(3,4)5)19-10-8-18(9-11-19)13(2)20;/h6-12H2,1-5H3,(H,16,17);1H. The van der Waals surface area contributed by atoms with Crippen LogP contribution in [0.25, 0.3) is 0 Å². The number of halogens is 1. The minimum absolute atomic E-state index is 0. The Kier molecular flexibility index (Phi) is 9.55. The Balaban J connectivity index is 0.00000529. The molecule has 0 atom stereocenters. The summed E-state index contributed by atoms with van der Waals surface area (Å²) in [5.41, 5.74) is 0. The van der Waals surface area contributed by atoms with Crippen LogP contribution in [0.2, 0.25) is 0 Å². The molecule has 0 aromatic rings. The molecule has 0 bridgehead atoms. The van der Waals surface area contributed by atoms with Gasteiger partial charge in [0.15, 0.2) is 15.8 Å². The van der Waals surface area contributed by atoms with Gasteiger partial charge in [0.05, 0.1) is 17.0 Å². The van der Waals surface area contributed by atoms with E-state index in [-0.39, 0.29) is 42.2 Å². The van der Waals surface area contributed by atoms with Crippen LogP contribution in [0.15, 0.2) is 4.99 Å². The molecule has 0 radical (unpaired) electrons. The molecule has 1 heterocycles. The van der Waals surface area contributed by atoms with Gasteiger partial charge in [-0.1, -0.05) is 0 Å². The Morgan fingerprint density at radius 2 is 1.62 bits per heavy atom. The summed E-state index contributed by atoms with van der Waals surface area (Å²) in [6, 6.07) is 0. The number of amides is 1. The van der Waals surface area contributed by atoms with Crippen molar-refractivity contribution in [3.05, 3.63) is 0 Å². The molecular formula is C15H31IN4O3S. The molecule has 7 nitrogen and oxygen atoms in total.